The third-order valence-corrected chi connectivity index (χ3v) is 5.37. The van der Waals surface area contributed by atoms with Crippen LogP contribution >= 0.6 is 11.3 Å². The van der Waals surface area contributed by atoms with Gasteiger partial charge in [0, 0.05) is 28.9 Å². The van der Waals surface area contributed by atoms with E-state index in [2.05, 4.69) is 10.6 Å². The zero-order valence-electron chi connectivity index (χ0n) is 15.5. The first kappa shape index (κ1) is 19.4. The Morgan fingerprint density at radius 1 is 1.37 bits per heavy atom. The zero-order chi connectivity index (χ0) is 19.2. The maximum Gasteiger partial charge on any atom is 0.351 e. The zero-order valence-corrected chi connectivity index (χ0v) is 16.3. The van der Waals surface area contributed by atoms with E-state index in [1.54, 1.807) is 6.07 Å². The van der Waals surface area contributed by atoms with Crippen LogP contribution in [0.25, 0.3) is 10.1 Å². The van der Waals surface area contributed by atoms with E-state index in [9.17, 15) is 9.59 Å². The maximum atomic E-state index is 12.1. The van der Waals surface area contributed by atoms with Crippen molar-refractivity contribution in [3.63, 3.8) is 0 Å². The lowest BCUT2D eigenvalue weighted by molar-refractivity contribution is 0.0602. The van der Waals surface area contributed by atoms with Crippen LogP contribution in [0, 0.1) is 0 Å². The quantitative estimate of drug-likeness (QED) is 0.701. The van der Waals surface area contributed by atoms with Gasteiger partial charge in [-0.2, -0.15) is 0 Å². The lowest BCUT2D eigenvalue weighted by atomic mass is 10.2. The molecule has 7 nitrogen and oxygen atoms in total. The number of hydrogen-bond acceptors (Lipinski definition) is 6. The van der Waals surface area contributed by atoms with E-state index in [0.29, 0.717) is 29.5 Å². The average Bonchev–Trinajstić information content (AvgIpc) is 3.31. The first-order chi connectivity index (χ1) is 13.1. The minimum absolute atomic E-state index is 0.0896. The standard InChI is InChI=1S/C19H24N2O5S/c1-3-8-26-16-14-10-12(6-7-15(14)27-17(16)18(22)24-2)21-19(23)20-11-13-5-4-9-25-13/h6-7,10,13H,3-5,8-9,11H2,1-2H3,(H2,20,21,23)/t13-/m1/s1. The number of benzene rings is 1. The lowest BCUT2D eigenvalue weighted by Gasteiger charge is -2.12. The summed E-state index contributed by atoms with van der Waals surface area (Å²) in [7, 11) is 1.35. The Morgan fingerprint density at radius 2 is 2.22 bits per heavy atom. The van der Waals surface area contributed by atoms with Crippen LogP contribution in [0.1, 0.15) is 35.9 Å². The summed E-state index contributed by atoms with van der Waals surface area (Å²) >= 11 is 1.32. The molecule has 2 N–H and O–H groups in total. The summed E-state index contributed by atoms with van der Waals surface area (Å²) in [5.74, 6) is 0.0817. The van der Waals surface area contributed by atoms with Crippen molar-refractivity contribution in [2.45, 2.75) is 32.3 Å². The number of methoxy groups -OCH3 is 1. The number of rotatable bonds is 7. The second kappa shape index (κ2) is 9.05. The molecule has 0 radical (unpaired) electrons. The summed E-state index contributed by atoms with van der Waals surface area (Å²) in [4.78, 5) is 24.6. The van der Waals surface area contributed by atoms with Crippen molar-refractivity contribution in [2.24, 2.45) is 0 Å². The van der Waals surface area contributed by atoms with E-state index in [1.807, 2.05) is 19.1 Å². The van der Waals surface area contributed by atoms with E-state index < -0.39 is 5.97 Å². The van der Waals surface area contributed by atoms with Gasteiger partial charge < -0.3 is 24.8 Å². The second-order valence-corrected chi connectivity index (χ2v) is 7.33. The molecule has 8 heteroatoms. The highest BCUT2D eigenvalue weighted by Crippen LogP contribution is 2.39. The van der Waals surface area contributed by atoms with Crippen molar-refractivity contribution in [2.75, 3.05) is 32.2 Å². The monoisotopic (exact) mass is 392 g/mol. The Bertz CT molecular complexity index is 814. The summed E-state index contributed by atoms with van der Waals surface area (Å²) < 4.78 is 17.1. The normalized spacial score (nSPS) is 16.3. The Labute approximate surface area is 162 Å². The van der Waals surface area contributed by atoms with E-state index in [1.165, 1.54) is 18.4 Å². The molecule has 1 saturated heterocycles. The van der Waals surface area contributed by atoms with Gasteiger partial charge in [0.25, 0.3) is 0 Å². The van der Waals surface area contributed by atoms with Crippen LogP contribution in [0.15, 0.2) is 18.2 Å². The molecule has 0 unspecified atom stereocenters. The molecule has 3 rings (SSSR count). The Kier molecular flexibility index (Phi) is 6.52. The summed E-state index contributed by atoms with van der Waals surface area (Å²) in [6.07, 6.45) is 2.91. The van der Waals surface area contributed by atoms with Gasteiger partial charge in [0.1, 0.15) is 0 Å². The van der Waals surface area contributed by atoms with Gasteiger partial charge in [0.05, 0.1) is 19.8 Å². The molecule has 1 aliphatic heterocycles. The molecule has 1 atom stereocenters. The highest BCUT2D eigenvalue weighted by atomic mass is 32.1. The van der Waals surface area contributed by atoms with Crippen molar-refractivity contribution in [3.05, 3.63) is 23.1 Å². The van der Waals surface area contributed by atoms with Crippen molar-refractivity contribution < 1.29 is 23.8 Å². The molecule has 1 aliphatic rings. The van der Waals surface area contributed by atoms with E-state index >= 15 is 0 Å². The molecule has 0 bridgehead atoms. The van der Waals surface area contributed by atoms with Crippen molar-refractivity contribution in [3.8, 4) is 5.75 Å². The molecule has 27 heavy (non-hydrogen) atoms. The average molecular weight is 392 g/mol. The molecule has 2 aromatic rings. The fourth-order valence-corrected chi connectivity index (χ4v) is 3.96. The van der Waals surface area contributed by atoms with Crippen molar-refractivity contribution in [1.29, 1.82) is 0 Å². The Morgan fingerprint density at radius 3 is 2.93 bits per heavy atom. The molecule has 0 spiro atoms. The number of carbonyl (C=O) groups excluding carboxylic acids is 2. The Balaban J connectivity index is 1.76. The SMILES string of the molecule is CCCOc1c(C(=O)OC)sc2ccc(NC(=O)NC[C@H]3CCCO3)cc12. The van der Waals surface area contributed by atoms with E-state index in [4.69, 9.17) is 14.2 Å². The highest BCUT2D eigenvalue weighted by Gasteiger charge is 2.21. The first-order valence-corrected chi connectivity index (χ1v) is 9.88. The van der Waals surface area contributed by atoms with Gasteiger partial charge in [-0.3, -0.25) is 0 Å². The molecule has 0 saturated carbocycles. The third-order valence-electron chi connectivity index (χ3n) is 4.24. The van der Waals surface area contributed by atoms with Gasteiger partial charge >= 0.3 is 12.0 Å². The van der Waals surface area contributed by atoms with Gasteiger partial charge in [-0.05, 0) is 37.5 Å². The fraction of sp³-hybridized carbons (Fsp3) is 0.474. The molecule has 2 amide bonds. The molecule has 2 heterocycles. The molecule has 0 aliphatic carbocycles. The predicted octanol–water partition coefficient (Wildman–Crippen LogP) is 3.78. The molecular formula is C19H24N2O5S. The van der Waals surface area contributed by atoms with E-state index in [0.717, 1.165) is 36.0 Å². The van der Waals surface area contributed by atoms with Gasteiger partial charge in [-0.1, -0.05) is 6.92 Å². The van der Waals surface area contributed by atoms with Crippen LogP contribution in [-0.2, 0) is 9.47 Å². The predicted molar refractivity (Wildman–Crippen MR) is 105 cm³/mol. The number of nitrogens with one attached hydrogen (secondary N) is 2. The number of anilines is 1. The largest absolute Gasteiger partial charge is 0.491 e. The fourth-order valence-electron chi connectivity index (χ4n) is 2.91. The number of thiophene rings is 1. The number of amides is 2. The number of carbonyl (C=O) groups is 2. The topological polar surface area (TPSA) is 85.9 Å². The number of urea groups is 1. The summed E-state index contributed by atoms with van der Waals surface area (Å²) in [6, 6.07) is 5.19. The lowest BCUT2D eigenvalue weighted by Crippen LogP contribution is -2.34. The van der Waals surface area contributed by atoms with E-state index in [-0.39, 0.29) is 12.1 Å². The van der Waals surface area contributed by atoms with Crippen LogP contribution in [-0.4, -0.2) is 45.0 Å². The number of fused-ring (bicyclic) bond motifs is 1. The molecule has 1 aromatic carbocycles. The number of hydrogen-bond donors (Lipinski definition) is 2. The summed E-state index contributed by atoms with van der Waals surface area (Å²) in [6.45, 7) is 3.74. The number of ether oxygens (including phenoxy) is 3. The van der Waals surface area contributed by atoms with Gasteiger partial charge in [0.15, 0.2) is 10.6 Å². The summed E-state index contributed by atoms with van der Waals surface area (Å²) in [5.41, 5.74) is 0.628. The molecular weight excluding hydrogens is 368 g/mol. The van der Waals surface area contributed by atoms with Gasteiger partial charge in [-0.15, -0.1) is 11.3 Å². The minimum Gasteiger partial charge on any atom is -0.491 e. The van der Waals surface area contributed by atoms with Crippen LogP contribution in [0.3, 0.4) is 0 Å². The van der Waals surface area contributed by atoms with Gasteiger partial charge in [-0.25, -0.2) is 9.59 Å². The molecule has 1 aromatic heterocycles. The summed E-state index contributed by atoms with van der Waals surface area (Å²) in [5, 5.41) is 6.43. The minimum atomic E-state index is -0.425. The van der Waals surface area contributed by atoms with Crippen LogP contribution in [0.2, 0.25) is 0 Å². The molecule has 146 valence electrons. The smallest absolute Gasteiger partial charge is 0.351 e. The maximum absolute atomic E-state index is 12.1. The van der Waals surface area contributed by atoms with Gasteiger partial charge in [0.2, 0.25) is 0 Å². The number of esters is 1. The van der Waals surface area contributed by atoms with Crippen molar-refractivity contribution >= 4 is 39.1 Å². The highest BCUT2D eigenvalue weighted by molar-refractivity contribution is 7.21. The second-order valence-electron chi connectivity index (χ2n) is 6.28. The van der Waals surface area contributed by atoms with Crippen LogP contribution in [0.5, 0.6) is 5.75 Å². The van der Waals surface area contributed by atoms with Crippen molar-refractivity contribution in [1.82, 2.24) is 5.32 Å². The Hall–Kier alpha value is -2.32. The first-order valence-electron chi connectivity index (χ1n) is 9.06. The van der Waals surface area contributed by atoms with Crippen LogP contribution in [0.4, 0.5) is 10.5 Å². The van der Waals surface area contributed by atoms with Crippen LogP contribution < -0.4 is 15.4 Å². The third kappa shape index (κ3) is 4.70. The molecule has 1 fully saturated rings.